The van der Waals surface area contributed by atoms with Crippen LogP contribution in [-0.2, 0) is 16.6 Å². The van der Waals surface area contributed by atoms with Crippen molar-refractivity contribution in [3.63, 3.8) is 0 Å². The predicted octanol–water partition coefficient (Wildman–Crippen LogP) is 2.33. The minimum atomic E-state index is -3.65. The van der Waals surface area contributed by atoms with Crippen molar-refractivity contribution in [2.75, 3.05) is 6.61 Å². The summed E-state index contributed by atoms with van der Waals surface area (Å²) in [4.78, 5) is 1.02. The van der Waals surface area contributed by atoms with Gasteiger partial charge in [-0.2, -0.15) is 0 Å². The van der Waals surface area contributed by atoms with Gasteiger partial charge in [0.25, 0.3) is 0 Å². The number of aliphatic hydroxyl groups is 1. The molecule has 0 saturated heterocycles. The van der Waals surface area contributed by atoms with Gasteiger partial charge in [0, 0.05) is 17.0 Å². The van der Waals surface area contributed by atoms with Crippen molar-refractivity contribution in [1.29, 1.82) is 0 Å². The van der Waals surface area contributed by atoms with Crippen LogP contribution in [0.1, 0.15) is 10.4 Å². The van der Waals surface area contributed by atoms with Gasteiger partial charge in [-0.1, -0.05) is 24.0 Å². The number of thiophene rings is 1. The maximum absolute atomic E-state index is 12.3. The zero-order valence-corrected chi connectivity index (χ0v) is 14.1. The fourth-order valence-corrected chi connectivity index (χ4v) is 4.31. The molecule has 0 radical (unpaired) electrons. The molecule has 1 aromatic heterocycles. The van der Waals surface area contributed by atoms with Crippen LogP contribution in [0.3, 0.4) is 0 Å². The Balaban J connectivity index is 2.23. The number of halogens is 1. The molecular weight excluding hydrogens is 374 g/mol. The van der Waals surface area contributed by atoms with E-state index >= 15 is 0 Å². The van der Waals surface area contributed by atoms with Gasteiger partial charge in [-0.3, -0.25) is 0 Å². The van der Waals surface area contributed by atoms with Crippen LogP contribution in [0.15, 0.2) is 45.1 Å². The second-order valence-corrected chi connectivity index (χ2v) is 8.27. The van der Waals surface area contributed by atoms with Crippen molar-refractivity contribution in [3.8, 4) is 11.8 Å². The summed E-state index contributed by atoms with van der Waals surface area (Å²) in [5.74, 6) is 5.11. The van der Waals surface area contributed by atoms with Crippen molar-refractivity contribution >= 4 is 37.3 Å². The first-order chi connectivity index (χ1) is 10.0. The van der Waals surface area contributed by atoms with Crippen LogP contribution >= 0.6 is 27.3 Å². The van der Waals surface area contributed by atoms with E-state index in [1.54, 1.807) is 18.2 Å². The second-order valence-electron chi connectivity index (χ2n) is 3.99. The molecule has 110 valence electrons. The lowest BCUT2D eigenvalue weighted by Crippen LogP contribution is -2.23. The Morgan fingerprint density at radius 1 is 1.24 bits per heavy atom. The Kier molecular flexibility index (Phi) is 5.56. The Labute approximate surface area is 136 Å². The van der Waals surface area contributed by atoms with Crippen LogP contribution in [-0.4, -0.2) is 20.1 Å². The van der Waals surface area contributed by atoms with Crippen LogP contribution in [0.5, 0.6) is 0 Å². The van der Waals surface area contributed by atoms with Gasteiger partial charge in [-0.05, 0) is 40.2 Å². The fraction of sp³-hybridized carbons (Fsp3) is 0.143. The first-order valence-corrected chi connectivity index (χ1v) is 9.05. The largest absolute Gasteiger partial charge is 0.384 e. The zero-order valence-electron chi connectivity index (χ0n) is 10.8. The van der Waals surface area contributed by atoms with E-state index in [4.69, 9.17) is 5.11 Å². The highest BCUT2D eigenvalue weighted by Crippen LogP contribution is 2.22. The molecule has 7 heteroatoms. The summed E-state index contributed by atoms with van der Waals surface area (Å²) < 4.78 is 28.2. The standard InChI is InChI=1S/C14H12BrNO3S2/c15-14-8-7-12(20-14)10-16-21(18,19)13-6-2-1-4-11(13)5-3-9-17/h1-2,4,6-8,16-17H,9-10H2. The average Bonchev–Trinajstić information content (AvgIpc) is 2.89. The summed E-state index contributed by atoms with van der Waals surface area (Å²) in [6.45, 7) is -0.0919. The minimum absolute atomic E-state index is 0.113. The van der Waals surface area contributed by atoms with E-state index in [9.17, 15) is 8.42 Å². The lowest BCUT2D eigenvalue weighted by Gasteiger charge is -2.07. The molecule has 21 heavy (non-hydrogen) atoms. The van der Waals surface area contributed by atoms with Crippen molar-refractivity contribution in [2.24, 2.45) is 0 Å². The van der Waals surface area contributed by atoms with Crippen molar-refractivity contribution < 1.29 is 13.5 Å². The normalized spacial score (nSPS) is 11.0. The third kappa shape index (κ3) is 4.40. The number of hydrogen-bond acceptors (Lipinski definition) is 4. The Morgan fingerprint density at radius 3 is 2.67 bits per heavy atom. The van der Waals surface area contributed by atoms with Crippen LogP contribution in [0.25, 0.3) is 0 Å². The monoisotopic (exact) mass is 385 g/mol. The summed E-state index contributed by atoms with van der Waals surface area (Å²) in [5, 5.41) is 8.73. The number of hydrogen-bond donors (Lipinski definition) is 2. The van der Waals surface area contributed by atoms with Crippen LogP contribution in [0, 0.1) is 11.8 Å². The lowest BCUT2D eigenvalue weighted by atomic mass is 10.2. The summed E-state index contributed by atoms with van der Waals surface area (Å²) in [6.07, 6.45) is 0. The highest BCUT2D eigenvalue weighted by atomic mass is 79.9. The number of aliphatic hydroxyl groups excluding tert-OH is 1. The molecule has 1 aromatic carbocycles. The highest BCUT2D eigenvalue weighted by molar-refractivity contribution is 9.11. The topological polar surface area (TPSA) is 66.4 Å². The van der Waals surface area contributed by atoms with Crippen molar-refractivity contribution in [2.45, 2.75) is 11.4 Å². The third-order valence-corrected chi connectivity index (χ3v) is 5.63. The molecular formula is C14H12BrNO3S2. The van der Waals surface area contributed by atoms with E-state index in [0.717, 1.165) is 8.66 Å². The summed E-state index contributed by atoms with van der Waals surface area (Å²) in [5.41, 5.74) is 0.367. The Hall–Kier alpha value is -1.17. The van der Waals surface area contributed by atoms with Crippen LogP contribution < -0.4 is 4.72 Å². The molecule has 0 aliphatic carbocycles. The van der Waals surface area contributed by atoms with Gasteiger partial charge in [0.1, 0.15) is 6.61 Å². The quantitative estimate of drug-likeness (QED) is 0.793. The summed E-state index contributed by atoms with van der Waals surface area (Å²) in [6, 6.07) is 10.2. The van der Waals surface area contributed by atoms with E-state index in [-0.39, 0.29) is 18.0 Å². The summed E-state index contributed by atoms with van der Waals surface area (Å²) in [7, 11) is -3.65. The first kappa shape index (κ1) is 16.2. The third-order valence-electron chi connectivity index (χ3n) is 2.54. The maximum Gasteiger partial charge on any atom is 0.242 e. The minimum Gasteiger partial charge on any atom is -0.384 e. The van der Waals surface area contributed by atoms with Crippen molar-refractivity contribution in [3.05, 3.63) is 50.6 Å². The highest BCUT2D eigenvalue weighted by Gasteiger charge is 2.17. The lowest BCUT2D eigenvalue weighted by molar-refractivity contribution is 0.350. The maximum atomic E-state index is 12.3. The molecule has 0 unspecified atom stereocenters. The Morgan fingerprint density at radius 2 is 2.00 bits per heavy atom. The van der Waals surface area contributed by atoms with E-state index in [2.05, 4.69) is 32.5 Å². The van der Waals surface area contributed by atoms with E-state index in [0.29, 0.717) is 5.56 Å². The first-order valence-electron chi connectivity index (χ1n) is 5.95. The van der Waals surface area contributed by atoms with E-state index in [1.807, 2.05) is 12.1 Å². The number of sulfonamides is 1. The predicted molar refractivity (Wildman–Crippen MR) is 86.5 cm³/mol. The number of rotatable bonds is 4. The Bertz CT molecular complexity index is 788. The number of benzene rings is 1. The fourth-order valence-electron chi connectivity index (χ4n) is 1.63. The molecule has 4 nitrogen and oxygen atoms in total. The van der Waals surface area contributed by atoms with E-state index in [1.165, 1.54) is 17.4 Å². The molecule has 0 saturated carbocycles. The molecule has 0 aliphatic rings. The van der Waals surface area contributed by atoms with Crippen LogP contribution in [0.4, 0.5) is 0 Å². The van der Waals surface area contributed by atoms with Gasteiger partial charge in [-0.15, -0.1) is 11.3 Å². The average molecular weight is 386 g/mol. The molecule has 0 fully saturated rings. The van der Waals surface area contributed by atoms with Gasteiger partial charge in [0.15, 0.2) is 0 Å². The molecule has 2 N–H and O–H groups in total. The van der Waals surface area contributed by atoms with Gasteiger partial charge < -0.3 is 5.11 Å². The van der Waals surface area contributed by atoms with Crippen LogP contribution in [0.2, 0.25) is 0 Å². The number of nitrogens with one attached hydrogen (secondary N) is 1. The van der Waals surface area contributed by atoms with Gasteiger partial charge >= 0.3 is 0 Å². The molecule has 1 heterocycles. The van der Waals surface area contributed by atoms with Gasteiger partial charge in [-0.25, -0.2) is 13.1 Å². The molecule has 2 aromatic rings. The molecule has 0 amide bonds. The van der Waals surface area contributed by atoms with Crippen molar-refractivity contribution in [1.82, 2.24) is 4.72 Å². The summed E-state index contributed by atoms with van der Waals surface area (Å²) >= 11 is 4.81. The SMILES string of the molecule is O=S(=O)(NCc1ccc(Br)s1)c1ccccc1C#CCO. The van der Waals surface area contributed by atoms with E-state index < -0.39 is 10.0 Å². The molecule has 0 bridgehead atoms. The zero-order chi connectivity index (χ0) is 15.3. The molecule has 2 rings (SSSR count). The van der Waals surface area contributed by atoms with Gasteiger partial charge in [0.05, 0.1) is 8.68 Å². The smallest absolute Gasteiger partial charge is 0.242 e. The molecule has 0 spiro atoms. The second kappa shape index (κ2) is 7.20. The molecule has 0 aliphatic heterocycles. The van der Waals surface area contributed by atoms with Gasteiger partial charge in [0.2, 0.25) is 10.0 Å². The molecule has 0 atom stereocenters.